The molecule has 0 aliphatic rings. The highest BCUT2D eigenvalue weighted by Crippen LogP contribution is 2.26. The Hall–Kier alpha value is -3.45. The smallest absolute Gasteiger partial charge is 0.320 e. The minimum Gasteiger partial charge on any atom is -0.480 e. The van der Waals surface area contributed by atoms with E-state index >= 15 is 0 Å². The van der Waals surface area contributed by atoms with Gasteiger partial charge in [0.15, 0.2) is 0 Å². The van der Waals surface area contributed by atoms with Gasteiger partial charge in [0.2, 0.25) is 0 Å². The average molecular weight is 421 g/mol. The second-order valence-electron chi connectivity index (χ2n) is 7.97. The van der Waals surface area contributed by atoms with Gasteiger partial charge in [0, 0.05) is 36.0 Å². The summed E-state index contributed by atoms with van der Waals surface area (Å²) in [6, 6.07) is 14.1. The van der Waals surface area contributed by atoms with Crippen LogP contribution in [0.15, 0.2) is 60.9 Å². The molecule has 31 heavy (non-hydrogen) atoms. The Morgan fingerprint density at radius 2 is 1.77 bits per heavy atom. The highest BCUT2D eigenvalue weighted by molar-refractivity contribution is 5.94. The zero-order valence-corrected chi connectivity index (χ0v) is 17.7. The number of carbonyl (C=O) groups excluding carboxylic acids is 1. The molecule has 0 aliphatic heterocycles. The molecular weight excluding hydrogens is 392 g/mol. The Morgan fingerprint density at radius 1 is 1.10 bits per heavy atom. The molecule has 0 radical (unpaired) electrons. The summed E-state index contributed by atoms with van der Waals surface area (Å²) in [7, 11) is 0. The average Bonchev–Trinajstić information content (AvgIpc) is 3.29. The molecule has 2 aromatic carbocycles. The minimum atomic E-state index is -1.04. The van der Waals surface area contributed by atoms with Crippen molar-refractivity contribution in [3.05, 3.63) is 77.6 Å². The van der Waals surface area contributed by atoms with E-state index in [4.69, 9.17) is 10.8 Å². The highest BCUT2D eigenvalue weighted by Gasteiger charge is 2.18. The second kappa shape index (κ2) is 10.0. The first kappa shape index (κ1) is 22.2. The molecule has 7 nitrogen and oxygen atoms in total. The number of hydrogen-bond acceptors (Lipinski definition) is 4. The third kappa shape index (κ3) is 5.79. The summed E-state index contributed by atoms with van der Waals surface area (Å²) in [5.74, 6) is 0.136. The van der Waals surface area contributed by atoms with Gasteiger partial charge in [0.05, 0.1) is 0 Å². The number of hydrogen-bond donors (Lipinski definition) is 4. The lowest BCUT2D eigenvalue weighted by atomic mass is 9.88. The number of aliphatic carboxylic acids is 1. The molecule has 162 valence electrons. The highest BCUT2D eigenvalue weighted by atomic mass is 16.4. The molecule has 5 N–H and O–H groups in total. The van der Waals surface area contributed by atoms with Crippen molar-refractivity contribution in [3.8, 4) is 11.4 Å². The fourth-order valence-corrected chi connectivity index (χ4v) is 3.49. The number of nitrogens with two attached hydrogens (primary N) is 1. The van der Waals surface area contributed by atoms with Crippen molar-refractivity contribution in [2.24, 2.45) is 11.7 Å². The topological polar surface area (TPSA) is 121 Å². The number of benzene rings is 2. The minimum absolute atomic E-state index is 0.160. The fourth-order valence-electron chi connectivity index (χ4n) is 3.49. The molecule has 2 atom stereocenters. The molecule has 0 spiro atoms. The maximum absolute atomic E-state index is 12.6. The van der Waals surface area contributed by atoms with Crippen molar-refractivity contribution in [1.29, 1.82) is 0 Å². The Kier molecular flexibility index (Phi) is 7.20. The first-order valence-corrected chi connectivity index (χ1v) is 10.3. The van der Waals surface area contributed by atoms with Gasteiger partial charge in [0.1, 0.15) is 11.9 Å². The molecule has 0 bridgehead atoms. The summed E-state index contributed by atoms with van der Waals surface area (Å²) in [6.45, 7) is 4.79. The van der Waals surface area contributed by atoms with Crippen molar-refractivity contribution in [3.63, 3.8) is 0 Å². The van der Waals surface area contributed by atoms with Crippen LogP contribution in [0, 0.1) is 5.92 Å². The number of aromatic nitrogens is 2. The van der Waals surface area contributed by atoms with Crippen LogP contribution < -0.4 is 11.1 Å². The molecule has 7 heteroatoms. The Bertz CT molecular complexity index is 996. The molecule has 3 rings (SSSR count). The van der Waals surface area contributed by atoms with Crippen LogP contribution in [0.25, 0.3) is 11.4 Å². The van der Waals surface area contributed by atoms with E-state index in [0.29, 0.717) is 18.0 Å². The van der Waals surface area contributed by atoms with Crippen LogP contribution in [-0.4, -0.2) is 39.5 Å². The van der Waals surface area contributed by atoms with Crippen molar-refractivity contribution < 1.29 is 14.7 Å². The number of H-pyrrole nitrogens is 1. The Labute approximate surface area is 181 Å². The third-order valence-electron chi connectivity index (χ3n) is 5.39. The van der Waals surface area contributed by atoms with E-state index in [-0.39, 0.29) is 18.2 Å². The van der Waals surface area contributed by atoms with Crippen LogP contribution in [-0.2, 0) is 11.2 Å². The first-order valence-electron chi connectivity index (χ1n) is 10.3. The number of nitrogens with one attached hydrogen (secondary N) is 2. The normalized spacial score (nSPS) is 13.0. The van der Waals surface area contributed by atoms with E-state index in [2.05, 4.69) is 41.3 Å². The molecule has 0 saturated heterocycles. The van der Waals surface area contributed by atoms with Crippen LogP contribution in [0.3, 0.4) is 0 Å². The van der Waals surface area contributed by atoms with Gasteiger partial charge >= 0.3 is 5.97 Å². The van der Waals surface area contributed by atoms with Crippen molar-refractivity contribution >= 4 is 11.9 Å². The number of nitrogens with zero attached hydrogens (tertiary/aromatic N) is 1. The van der Waals surface area contributed by atoms with Crippen molar-refractivity contribution in [2.75, 3.05) is 6.54 Å². The lowest BCUT2D eigenvalue weighted by Gasteiger charge is -2.22. The van der Waals surface area contributed by atoms with Crippen LogP contribution in [0.2, 0.25) is 0 Å². The molecule has 0 saturated carbocycles. The van der Waals surface area contributed by atoms with Gasteiger partial charge in [-0.3, -0.25) is 9.59 Å². The summed E-state index contributed by atoms with van der Waals surface area (Å²) < 4.78 is 0. The van der Waals surface area contributed by atoms with Gasteiger partial charge in [-0.05, 0) is 35.6 Å². The Morgan fingerprint density at radius 3 is 2.32 bits per heavy atom. The number of carboxylic acids is 1. The van der Waals surface area contributed by atoms with E-state index in [9.17, 15) is 9.59 Å². The molecule has 0 unspecified atom stereocenters. The standard InChI is InChI=1S/C24H28N4O3/c1-15(2)20(17-7-9-18(10-8-17)22-26-11-12-27-22)14-28-23(29)19-5-3-16(4-6-19)13-21(25)24(30)31/h3-12,15,20-21H,13-14,25H2,1-2H3,(H,26,27)(H,28,29)(H,30,31)/t20-,21+/m1/s1. The van der Waals surface area contributed by atoms with Crippen LogP contribution in [0.4, 0.5) is 0 Å². The summed E-state index contributed by atoms with van der Waals surface area (Å²) in [6.07, 6.45) is 3.74. The third-order valence-corrected chi connectivity index (χ3v) is 5.39. The van der Waals surface area contributed by atoms with E-state index in [1.165, 1.54) is 0 Å². The SMILES string of the molecule is CC(C)[C@@H](CNC(=O)c1ccc(C[C@H](N)C(=O)O)cc1)c1ccc(-c2ncc[nH]2)cc1. The Balaban J connectivity index is 1.62. The lowest BCUT2D eigenvalue weighted by Crippen LogP contribution is -2.32. The molecule has 0 aliphatic carbocycles. The van der Waals surface area contributed by atoms with E-state index in [1.54, 1.807) is 36.7 Å². The second-order valence-corrected chi connectivity index (χ2v) is 7.97. The van der Waals surface area contributed by atoms with Gasteiger partial charge < -0.3 is 21.1 Å². The van der Waals surface area contributed by atoms with E-state index < -0.39 is 12.0 Å². The molecule has 1 heterocycles. The number of aromatic amines is 1. The summed E-state index contributed by atoms with van der Waals surface area (Å²) in [5, 5.41) is 11.9. The molecular formula is C24H28N4O3. The zero-order chi connectivity index (χ0) is 22.4. The molecule has 0 fully saturated rings. The molecule has 1 amide bonds. The maximum Gasteiger partial charge on any atom is 0.320 e. The predicted octanol–water partition coefficient (Wildman–Crippen LogP) is 3.20. The van der Waals surface area contributed by atoms with Gasteiger partial charge in [-0.2, -0.15) is 0 Å². The zero-order valence-electron chi connectivity index (χ0n) is 17.7. The molecule has 1 aromatic heterocycles. The van der Waals surface area contributed by atoms with Gasteiger partial charge in [-0.15, -0.1) is 0 Å². The van der Waals surface area contributed by atoms with Crippen molar-refractivity contribution in [2.45, 2.75) is 32.2 Å². The summed E-state index contributed by atoms with van der Waals surface area (Å²) in [4.78, 5) is 30.9. The van der Waals surface area contributed by atoms with Crippen molar-refractivity contribution in [1.82, 2.24) is 15.3 Å². The van der Waals surface area contributed by atoms with Gasteiger partial charge in [0.25, 0.3) is 5.91 Å². The quantitative estimate of drug-likeness (QED) is 0.424. The number of carboxylic acid groups (broad SMARTS) is 1. The van der Waals surface area contributed by atoms with Gasteiger partial charge in [-0.25, -0.2) is 4.98 Å². The fraction of sp³-hybridized carbons (Fsp3) is 0.292. The van der Waals surface area contributed by atoms with E-state index in [1.807, 2.05) is 12.1 Å². The maximum atomic E-state index is 12.6. The van der Waals surface area contributed by atoms with E-state index in [0.717, 1.165) is 22.5 Å². The summed E-state index contributed by atoms with van der Waals surface area (Å²) >= 11 is 0. The van der Waals surface area contributed by atoms with Crippen LogP contribution in [0.5, 0.6) is 0 Å². The van der Waals surface area contributed by atoms with Crippen LogP contribution >= 0.6 is 0 Å². The number of amides is 1. The largest absolute Gasteiger partial charge is 0.480 e. The predicted molar refractivity (Wildman–Crippen MR) is 120 cm³/mol. The number of rotatable bonds is 9. The number of imidazole rings is 1. The number of carbonyl (C=O) groups is 2. The van der Waals surface area contributed by atoms with Gasteiger partial charge in [-0.1, -0.05) is 50.2 Å². The summed E-state index contributed by atoms with van der Waals surface area (Å²) in [5.41, 5.74) is 9.05. The first-order chi connectivity index (χ1) is 14.8. The van der Waals surface area contributed by atoms with Crippen LogP contribution in [0.1, 0.15) is 41.3 Å². The molecule has 3 aromatic rings. The monoisotopic (exact) mass is 420 g/mol. The lowest BCUT2D eigenvalue weighted by molar-refractivity contribution is -0.138.